The summed E-state index contributed by atoms with van der Waals surface area (Å²) in [7, 11) is 0. The van der Waals surface area contributed by atoms with E-state index in [9.17, 15) is 30.0 Å². The minimum Gasteiger partial charge on any atom is -0.475 e. The molecule has 0 fully saturated rings. The van der Waals surface area contributed by atoms with Crippen LogP contribution in [0.25, 0.3) is 0 Å². The Morgan fingerprint density at radius 3 is 1.67 bits per heavy atom. The van der Waals surface area contributed by atoms with Crippen molar-refractivity contribution in [3.8, 4) is 0 Å². The molecule has 0 aliphatic rings. The maximum absolute atomic E-state index is 10.7. The predicted octanol–water partition coefficient (Wildman–Crippen LogP) is -4.17. The minimum atomic E-state index is -2.05. The van der Waals surface area contributed by atoms with Crippen molar-refractivity contribution in [1.29, 1.82) is 0 Å². The second kappa shape index (κ2) is 7.36. The number of hydrogen-bond acceptors (Lipinski definition) is 8. The number of hydrogen-bond donors (Lipinski definition) is 7. The van der Waals surface area contributed by atoms with Gasteiger partial charge in [0.1, 0.15) is 24.4 Å². The second-order valence-electron chi connectivity index (χ2n) is 3.72. The first kappa shape index (κ1) is 16.9. The molecule has 0 aliphatic carbocycles. The summed E-state index contributed by atoms with van der Waals surface area (Å²) < 4.78 is 0. The van der Waals surface area contributed by atoms with Gasteiger partial charge in [-0.3, -0.25) is 4.79 Å². The summed E-state index contributed by atoms with van der Waals surface area (Å²) in [4.78, 5) is 20.9. The Labute approximate surface area is 102 Å². The average molecular weight is 268 g/mol. The van der Waals surface area contributed by atoms with E-state index in [-0.39, 0.29) is 0 Å². The van der Waals surface area contributed by atoms with Crippen molar-refractivity contribution in [3.05, 3.63) is 0 Å². The Balaban J connectivity index is 4.49. The molecule has 0 aromatic carbocycles. The lowest BCUT2D eigenvalue weighted by Gasteiger charge is -2.28. The summed E-state index contributed by atoms with van der Waals surface area (Å²) in [5.41, 5.74) is 0. The molecule has 5 atom stereocenters. The van der Waals surface area contributed by atoms with Gasteiger partial charge in [0, 0.05) is 6.42 Å². The van der Waals surface area contributed by atoms with Gasteiger partial charge >= 0.3 is 5.97 Å². The van der Waals surface area contributed by atoms with Gasteiger partial charge in [0.05, 0.1) is 12.7 Å². The van der Waals surface area contributed by atoms with E-state index in [4.69, 9.17) is 15.3 Å². The fraction of sp³-hybridized carbons (Fsp3) is 0.778. The summed E-state index contributed by atoms with van der Waals surface area (Å²) in [5.74, 6) is -3.20. The van der Waals surface area contributed by atoms with Crippen molar-refractivity contribution in [2.45, 2.75) is 36.9 Å². The summed E-state index contributed by atoms with van der Waals surface area (Å²) in [6.45, 7) is -0.894. The van der Waals surface area contributed by atoms with Crippen molar-refractivity contribution in [2.24, 2.45) is 0 Å². The van der Waals surface area contributed by atoms with Gasteiger partial charge in [-0.1, -0.05) is 0 Å². The van der Waals surface area contributed by atoms with E-state index in [1.165, 1.54) is 0 Å². The average Bonchev–Trinajstić information content (AvgIpc) is 2.34. The van der Waals surface area contributed by atoms with Gasteiger partial charge in [-0.25, -0.2) is 4.79 Å². The lowest BCUT2D eigenvalue weighted by molar-refractivity contribution is -0.155. The third kappa shape index (κ3) is 4.64. The van der Waals surface area contributed by atoms with Gasteiger partial charge in [0.2, 0.25) is 5.78 Å². The summed E-state index contributed by atoms with van der Waals surface area (Å²) in [6, 6.07) is 0. The molecule has 0 bridgehead atoms. The minimum absolute atomic E-state index is 0.894. The molecule has 9 heteroatoms. The first-order chi connectivity index (χ1) is 8.22. The van der Waals surface area contributed by atoms with E-state index in [2.05, 4.69) is 0 Å². The zero-order valence-corrected chi connectivity index (χ0v) is 9.25. The van der Waals surface area contributed by atoms with Crippen molar-refractivity contribution in [1.82, 2.24) is 0 Å². The van der Waals surface area contributed by atoms with Crippen LogP contribution in [-0.2, 0) is 9.59 Å². The standard InChI is InChI=1S/C9H16O9/c10-2-5(13)7(15)8(16)6(14)3(11)1-4(12)9(17)18/h3,5-8,10-11,13-16H,1-2H2,(H,17,18). The van der Waals surface area contributed by atoms with Crippen LogP contribution in [-0.4, -0.2) is 84.6 Å². The highest BCUT2D eigenvalue weighted by Gasteiger charge is 2.35. The molecule has 0 rings (SSSR count). The van der Waals surface area contributed by atoms with Crippen LogP contribution in [0.2, 0.25) is 0 Å². The van der Waals surface area contributed by atoms with Gasteiger partial charge < -0.3 is 35.7 Å². The molecule has 0 aromatic heterocycles. The maximum Gasteiger partial charge on any atom is 0.372 e. The number of carbonyl (C=O) groups excluding carboxylic acids is 1. The Morgan fingerprint density at radius 1 is 0.833 bits per heavy atom. The summed E-state index contributed by atoms with van der Waals surface area (Å²) in [6.07, 6.45) is -10.7. The molecule has 7 N–H and O–H groups in total. The van der Waals surface area contributed by atoms with E-state index >= 15 is 0 Å². The molecule has 0 aromatic rings. The SMILES string of the molecule is O=C(O)C(=O)CC(O)C(O)C(O)C(O)C(O)CO. The molecule has 9 nitrogen and oxygen atoms in total. The first-order valence-electron chi connectivity index (χ1n) is 4.99. The number of rotatable bonds is 8. The fourth-order valence-corrected chi connectivity index (χ4v) is 1.16. The van der Waals surface area contributed by atoms with Crippen molar-refractivity contribution >= 4 is 11.8 Å². The molecule has 0 saturated carbocycles. The van der Waals surface area contributed by atoms with Crippen LogP contribution in [0.3, 0.4) is 0 Å². The highest BCUT2D eigenvalue weighted by atomic mass is 16.4. The van der Waals surface area contributed by atoms with Crippen LogP contribution in [0.15, 0.2) is 0 Å². The molecule has 0 amide bonds. The Bertz CT molecular complexity index is 292. The van der Waals surface area contributed by atoms with Gasteiger partial charge in [-0.2, -0.15) is 0 Å². The van der Waals surface area contributed by atoms with E-state index in [1.807, 2.05) is 0 Å². The molecule has 0 radical (unpaired) electrons. The number of aliphatic hydroxyl groups is 6. The van der Waals surface area contributed by atoms with Crippen LogP contribution >= 0.6 is 0 Å². The van der Waals surface area contributed by atoms with Crippen LogP contribution in [0, 0.1) is 0 Å². The van der Waals surface area contributed by atoms with E-state index in [0.717, 1.165) is 0 Å². The molecule has 18 heavy (non-hydrogen) atoms. The number of aliphatic carboxylic acids is 1. The number of carboxylic acid groups (broad SMARTS) is 1. The van der Waals surface area contributed by atoms with Crippen LogP contribution < -0.4 is 0 Å². The molecule has 0 aliphatic heterocycles. The summed E-state index contributed by atoms with van der Waals surface area (Å²) in [5, 5.41) is 62.9. The molecule has 0 heterocycles. The number of aliphatic hydroxyl groups excluding tert-OH is 6. The third-order valence-electron chi connectivity index (χ3n) is 2.31. The topological polar surface area (TPSA) is 176 Å². The highest BCUT2D eigenvalue weighted by molar-refractivity contribution is 6.32. The Hall–Kier alpha value is -1.10. The predicted molar refractivity (Wildman–Crippen MR) is 54.4 cm³/mol. The van der Waals surface area contributed by atoms with Crippen molar-refractivity contribution < 1.29 is 45.3 Å². The van der Waals surface area contributed by atoms with E-state index in [0.29, 0.717) is 0 Å². The molecular formula is C9H16O9. The van der Waals surface area contributed by atoms with Crippen LogP contribution in [0.4, 0.5) is 0 Å². The van der Waals surface area contributed by atoms with Gasteiger partial charge in [0.25, 0.3) is 0 Å². The number of Topliss-reactive ketones (excluding diaryl/α,β-unsaturated/α-hetero) is 1. The van der Waals surface area contributed by atoms with Gasteiger partial charge in [0.15, 0.2) is 0 Å². The molecule has 0 spiro atoms. The largest absolute Gasteiger partial charge is 0.475 e. The third-order valence-corrected chi connectivity index (χ3v) is 2.31. The lowest BCUT2D eigenvalue weighted by Crippen LogP contribution is -2.50. The lowest BCUT2D eigenvalue weighted by atomic mass is 9.97. The number of carbonyl (C=O) groups is 2. The molecule has 5 unspecified atom stereocenters. The van der Waals surface area contributed by atoms with Gasteiger partial charge in [-0.05, 0) is 0 Å². The Morgan fingerprint density at radius 2 is 1.28 bits per heavy atom. The zero-order chi connectivity index (χ0) is 14.5. The first-order valence-corrected chi connectivity index (χ1v) is 4.99. The fourth-order valence-electron chi connectivity index (χ4n) is 1.16. The molecular weight excluding hydrogens is 252 g/mol. The molecule has 0 saturated heterocycles. The maximum atomic E-state index is 10.7. The monoisotopic (exact) mass is 268 g/mol. The normalized spacial score (nSPS) is 19.7. The smallest absolute Gasteiger partial charge is 0.372 e. The van der Waals surface area contributed by atoms with E-state index < -0.39 is 55.3 Å². The highest BCUT2D eigenvalue weighted by Crippen LogP contribution is 2.11. The number of carboxylic acids is 1. The van der Waals surface area contributed by atoms with E-state index in [1.54, 1.807) is 0 Å². The summed E-state index contributed by atoms with van der Waals surface area (Å²) >= 11 is 0. The van der Waals surface area contributed by atoms with Crippen molar-refractivity contribution in [2.75, 3.05) is 6.61 Å². The number of ketones is 1. The van der Waals surface area contributed by atoms with Crippen LogP contribution in [0.5, 0.6) is 0 Å². The Kier molecular flexibility index (Phi) is 6.91. The van der Waals surface area contributed by atoms with Crippen LogP contribution in [0.1, 0.15) is 6.42 Å². The quantitative estimate of drug-likeness (QED) is 0.215. The van der Waals surface area contributed by atoms with Gasteiger partial charge in [-0.15, -0.1) is 0 Å². The zero-order valence-electron chi connectivity index (χ0n) is 9.25. The second-order valence-corrected chi connectivity index (χ2v) is 3.72. The van der Waals surface area contributed by atoms with Crippen molar-refractivity contribution in [3.63, 3.8) is 0 Å². The molecule has 106 valence electrons.